The summed E-state index contributed by atoms with van der Waals surface area (Å²) in [6.07, 6.45) is 2.26. The van der Waals surface area contributed by atoms with Crippen LogP contribution in [0, 0.1) is 0 Å². The molecule has 0 spiro atoms. The number of rotatable bonds is 5. The van der Waals surface area contributed by atoms with Crippen LogP contribution in [0.15, 0.2) is 0 Å². The van der Waals surface area contributed by atoms with Gasteiger partial charge in [-0.1, -0.05) is 13.3 Å². The average Bonchev–Trinajstić information content (AvgIpc) is 2.00. The van der Waals surface area contributed by atoms with Gasteiger partial charge < -0.3 is 0 Å². The summed E-state index contributed by atoms with van der Waals surface area (Å²) in [5.41, 5.74) is 0. The van der Waals surface area contributed by atoms with E-state index in [9.17, 15) is 0 Å². The summed E-state index contributed by atoms with van der Waals surface area (Å²) in [5, 5.41) is 16.5. The van der Waals surface area contributed by atoms with Crippen LogP contribution in [0.25, 0.3) is 0 Å². The lowest BCUT2D eigenvalue weighted by atomic mass is 10.1. The van der Waals surface area contributed by atoms with E-state index in [1.165, 1.54) is 6.92 Å². The molecule has 0 heterocycles. The maximum Gasteiger partial charge on any atom is 0.230 e. The molecule has 0 radical (unpaired) electrons. The third-order valence-corrected chi connectivity index (χ3v) is 1.37. The average molecular weight is 150 g/mol. The lowest BCUT2D eigenvalue weighted by molar-refractivity contribution is -0.482. The molecule has 0 amide bonds. The quantitative estimate of drug-likeness (QED) is 0.357. The number of unbranched alkanes of at least 4 members (excludes halogenated alkanes) is 1. The summed E-state index contributed by atoms with van der Waals surface area (Å²) >= 11 is 0. The molecule has 0 rings (SSSR count). The Kier molecular flexibility index (Phi) is 4.55. The lowest BCUT2D eigenvalue weighted by Crippen LogP contribution is -2.29. The van der Waals surface area contributed by atoms with Crippen molar-refractivity contribution < 1.29 is 20.3 Å². The van der Waals surface area contributed by atoms with Crippen LogP contribution in [0.3, 0.4) is 0 Å². The van der Waals surface area contributed by atoms with Gasteiger partial charge in [-0.3, -0.25) is 0 Å². The normalized spacial score (nSPS) is 12.0. The van der Waals surface area contributed by atoms with E-state index in [-0.39, 0.29) is 0 Å². The van der Waals surface area contributed by atoms with Crippen LogP contribution >= 0.6 is 0 Å². The predicted octanol–water partition coefficient (Wildman–Crippen LogP) is 1.87. The second-order valence-electron chi connectivity index (χ2n) is 2.42. The van der Waals surface area contributed by atoms with Crippen LogP contribution in [0.4, 0.5) is 0 Å². The van der Waals surface area contributed by atoms with E-state index in [0.717, 1.165) is 12.8 Å². The van der Waals surface area contributed by atoms with E-state index in [0.29, 0.717) is 6.42 Å². The number of hydrogen-bond acceptors (Lipinski definition) is 4. The van der Waals surface area contributed by atoms with E-state index < -0.39 is 5.79 Å². The monoisotopic (exact) mass is 150 g/mol. The van der Waals surface area contributed by atoms with Gasteiger partial charge in [0.25, 0.3) is 0 Å². The minimum Gasteiger partial charge on any atom is -0.249 e. The minimum atomic E-state index is -1.25. The zero-order valence-corrected chi connectivity index (χ0v) is 6.33. The van der Waals surface area contributed by atoms with Crippen molar-refractivity contribution >= 4 is 0 Å². The van der Waals surface area contributed by atoms with Gasteiger partial charge in [0.05, 0.1) is 0 Å². The van der Waals surface area contributed by atoms with Crippen LogP contribution in [-0.2, 0) is 9.78 Å². The minimum absolute atomic E-state index is 0.469. The lowest BCUT2D eigenvalue weighted by Gasteiger charge is -2.20. The van der Waals surface area contributed by atoms with Crippen molar-refractivity contribution in [1.29, 1.82) is 0 Å². The van der Waals surface area contributed by atoms with Crippen molar-refractivity contribution in [1.82, 2.24) is 0 Å². The van der Waals surface area contributed by atoms with Crippen LogP contribution in [0.2, 0.25) is 0 Å². The fourth-order valence-electron chi connectivity index (χ4n) is 0.606. The summed E-state index contributed by atoms with van der Waals surface area (Å²) in [4.78, 5) is 7.83. The van der Waals surface area contributed by atoms with Crippen molar-refractivity contribution in [2.75, 3.05) is 0 Å². The molecule has 0 atom stereocenters. The van der Waals surface area contributed by atoms with Gasteiger partial charge in [-0.15, -0.1) is 0 Å². The van der Waals surface area contributed by atoms with Gasteiger partial charge in [-0.25, -0.2) is 20.3 Å². The third-order valence-electron chi connectivity index (χ3n) is 1.37. The standard InChI is InChI=1S/C6H14O4/c1-3-4-5-6(2,9-7)10-8/h7-8H,3-5H2,1-2H3. The van der Waals surface area contributed by atoms with E-state index in [4.69, 9.17) is 10.5 Å². The zero-order chi connectivity index (χ0) is 8.04. The summed E-state index contributed by atoms with van der Waals surface area (Å²) < 4.78 is 0. The first-order chi connectivity index (χ1) is 4.68. The number of hydrogen-bond donors (Lipinski definition) is 2. The van der Waals surface area contributed by atoms with Gasteiger partial charge in [0, 0.05) is 6.42 Å². The van der Waals surface area contributed by atoms with Crippen molar-refractivity contribution in [3.05, 3.63) is 0 Å². The molecule has 0 aromatic carbocycles. The highest BCUT2D eigenvalue weighted by Gasteiger charge is 2.25. The molecule has 4 nitrogen and oxygen atoms in total. The molecule has 0 aliphatic heterocycles. The molecular weight excluding hydrogens is 136 g/mol. The first kappa shape index (κ1) is 9.84. The molecule has 0 aromatic heterocycles. The first-order valence-corrected chi connectivity index (χ1v) is 3.33. The Hall–Kier alpha value is -0.160. The Morgan fingerprint density at radius 1 is 1.30 bits per heavy atom. The summed E-state index contributed by atoms with van der Waals surface area (Å²) in [6.45, 7) is 3.46. The van der Waals surface area contributed by atoms with Crippen molar-refractivity contribution in [3.63, 3.8) is 0 Å². The van der Waals surface area contributed by atoms with Crippen LogP contribution in [0.1, 0.15) is 33.1 Å². The Labute approximate surface area is 60.2 Å². The Morgan fingerprint density at radius 3 is 2.10 bits per heavy atom. The van der Waals surface area contributed by atoms with Crippen LogP contribution in [0.5, 0.6) is 0 Å². The smallest absolute Gasteiger partial charge is 0.230 e. The SMILES string of the molecule is CCCCC(C)(OO)OO. The molecular formula is C6H14O4. The molecule has 0 aliphatic rings. The molecule has 4 heteroatoms. The van der Waals surface area contributed by atoms with Crippen molar-refractivity contribution in [2.45, 2.75) is 38.9 Å². The highest BCUT2D eigenvalue weighted by molar-refractivity contribution is 4.57. The molecule has 0 aromatic rings. The first-order valence-electron chi connectivity index (χ1n) is 3.33. The van der Waals surface area contributed by atoms with E-state index >= 15 is 0 Å². The molecule has 0 saturated carbocycles. The van der Waals surface area contributed by atoms with E-state index in [1.807, 2.05) is 6.92 Å². The summed E-state index contributed by atoms with van der Waals surface area (Å²) in [6, 6.07) is 0. The van der Waals surface area contributed by atoms with Gasteiger partial charge in [-0.2, -0.15) is 0 Å². The second kappa shape index (κ2) is 4.62. The maximum atomic E-state index is 8.23. The fourth-order valence-corrected chi connectivity index (χ4v) is 0.606. The van der Waals surface area contributed by atoms with Gasteiger partial charge in [0.15, 0.2) is 0 Å². The highest BCUT2D eigenvalue weighted by Crippen LogP contribution is 2.17. The Bertz CT molecular complexity index is 79.8. The van der Waals surface area contributed by atoms with Gasteiger partial charge in [-0.05, 0) is 13.3 Å². The topological polar surface area (TPSA) is 58.9 Å². The molecule has 0 fully saturated rings. The zero-order valence-electron chi connectivity index (χ0n) is 6.33. The second-order valence-corrected chi connectivity index (χ2v) is 2.42. The summed E-state index contributed by atoms with van der Waals surface area (Å²) in [7, 11) is 0. The van der Waals surface area contributed by atoms with E-state index in [1.54, 1.807) is 0 Å². The van der Waals surface area contributed by atoms with Crippen molar-refractivity contribution in [2.24, 2.45) is 0 Å². The largest absolute Gasteiger partial charge is 0.249 e. The molecule has 10 heavy (non-hydrogen) atoms. The molecule has 0 saturated heterocycles. The maximum absolute atomic E-state index is 8.23. The molecule has 2 N–H and O–H groups in total. The van der Waals surface area contributed by atoms with Crippen molar-refractivity contribution in [3.8, 4) is 0 Å². The molecule has 62 valence electrons. The van der Waals surface area contributed by atoms with Crippen LogP contribution < -0.4 is 0 Å². The van der Waals surface area contributed by atoms with Gasteiger partial charge in [0.2, 0.25) is 5.79 Å². The highest BCUT2D eigenvalue weighted by atomic mass is 17.2. The summed E-state index contributed by atoms with van der Waals surface area (Å²) in [5.74, 6) is -1.25. The molecule has 0 bridgehead atoms. The Morgan fingerprint density at radius 2 is 1.80 bits per heavy atom. The van der Waals surface area contributed by atoms with Gasteiger partial charge in [0.1, 0.15) is 0 Å². The Balaban J connectivity index is 3.58. The molecule has 0 aliphatic carbocycles. The fraction of sp³-hybridized carbons (Fsp3) is 1.00. The van der Waals surface area contributed by atoms with E-state index in [2.05, 4.69) is 9.78 Å². The van der Waals surface area contributed by atoms with Gasteiger partial charge >= 0.3 is 0 Å². The third kappa shape index (κ3) is 3.12. The van der Waals surface area contributed by atoms with Crippen LogP contribution in [-0.4, -0.2) is 16.3 Å². The molecule has 0 unspecified atom stereocenters. The predicted molar refractivity (Wildman–Crippen MR) is 35.4 cm³/mol.